The van der Waals surface area contributed by atoms with Crippen molar-refractivity contribution in [2.24, 2.45) is 0 Å². The highest BCUT2D eigenvalue weighted by Crippen LogP contribution is 2.19. The van der Waals surface area contributed by atoms with E-state index in [0.29, 0.717) is 11.5 Å². The molecule has 0 aliphatic rings. The molecule has 0 radical (unpaired) electrons. The van der Waals surface area contributed by atoms with Gasteiger partial charge in [0, 0.05) is 0 Å². The lowest BCUT2D eigenvalue weighted by Gasteiger charge is -2.08. The first kappa shape index (κ1) is 11.5. The predicted octanol–water partition coefficient (Wildman–Crippen LogP) is 3.71. The molecule has 1 rings (SSSR count). The first-order valence-electron chi connectivity index (χ1n) is 4.62. The van der Waals surface area contributed by atoms with Gasteiger partial charge in [0.25, 0.3) is 0 Å². The van der Waals surface area contributed by atoms with Gasteiger partial charge in [0.1, 0.15) is 0 Å². The van der Waals surface area contributed by atoms with Crippen LogP contribution in [0.25, 0.3) is 0 Å². The third-order valence-electron chi connectivity index (χ3n) is 2.40. The molecule has 0 aliphatic carbocycles. The fourth-order valence-corrected chi connectivity index (χ4v) is 1.48. The molecule has 0 saturated heterocycles. The van der Waals surface area contributed by atoms with E-state index < -0.39 is 0 Å². The predicted molar refractivity (Wildman–Crippen MR) is 64.6 cm³/mol. The molecule has 0 spiro atoms. The lowest BCUT2D eigenvalue weighted by Crippen LogP contribution is -1.98. The van der Waals surface area contributed by atoms with Crippen LogP contribution in [0.15, 0.2) is 24.3 Å². The average molecular weight is 304 g/mol. The number of halogens is 1. The van der Waals surface area contributed by atoms with Crippen LogP contribution in [0.1, 0.15) is 42.1 Å². The van der Waals surface area contributed by atoms with Crippen molar-refractivity contribution in [1.29, 1.82) is 0 Å². The van der Waals surface area contributed by atoms with Crippen LogP contribution in [0.2, 0.25) is 0 Å². The molecule has 1 atom stereocenters. The summed E-state index contributed by atoms with van der Waals surface area (Å²) in [6.45, 7) is 4.32. The van der Waals surface area contributed by atoms with E-state index in [2.05, 4.69) is 16.9 Å². The number of carbonyl (C=O) groups excluding carboxylic acids is 1. The van der Waals surface area contributed by atoms with Gasteiger partial charge in [-0.1, -0.05) is 26.0 Å². The van der Waals surface area contributed by atoms with Crippen LogP contribution in [0.4, 0.5) is 0 Å². The summed E-state index contributed by atoms with van der Waals surface area (Å²) >= 11 is 1.60. The smallest absolute Gasteiger partial charge is 0.347 e. The molecule has 0 N–H and O–H groups in total. The molecule has 14 heavy (non-hydrogen) atoms. The van der Waals surface area contributed by atoms with Gasteiger partial charge in [-0.3, -0.25) is 0 Å². The van der Waals surface area contributed by atoms with Gasteiger partial charge in [-0.05, 0) is 30.0 Å². The molecule has 0 aromatic heterocycles. The Morgan fingerprint density at radius 2 is 2.00 bits per heavy atom. The van der Waals surface area contributed by atoms with Crippen molar-refractivity contribution < 1.29 is 7.86 Å². The number of hydrogen-bond donors (Lipinski definition) is 0. The molecular formula is C11H13IO2. The van der Waals surface area contributed by atoms with Crippen molar-refractivity contribution in [3.63, 3.8) is 0 Å². The zero-order valence-electron chi connectivity index (χ0n) is 8.29. The molecule has 0 amide bonds. The summed E-state index contributed by atoms with van der Waals surface area (Å²) in [5.74, 6) is 0.251. The Morgan fingerprint density at radius 3 is 2.43 bits per heavy atom. The third kappa shape index (κ3) is 2.70. The second kappa shape index (κ2) is 5.34. The maximum atomic E-state index is 11.1. The van der Waals surface area contributed by atoms with E-state index >= 15 is 0 Å². The van der Waals surface area contributed by atoms with E-state index in [-0.39, 0.29) is 5.97 Å². The number of carbonyl (C=O) groups is 1. The highest BCUT2D eigenvalue weighted by Gasteiger charge is 2.07. The normalized spacial score (nSPS) is 12.2. The summed E-state index contributed by atoms with van der Waals surface area (Å²) in [4.78, 5) is 11.1. The number of rotatable bonds is 3. The summed E-state index contributed by atoms with van der Waals surface area (Å²) in [7, 11) is 0. The number of hydrogen-bond acceptors (Lipinski definition) is 2. The Hall–Kier alpha value is -0.580. The first-order chi connectivity index (χ1) is 6.69. The molecule has 0 heterocycles. The lowest BCUT2D eigenvalue weighted by atomic mass is 9.98. The second-order valence-electron chi connectivity index (χ2n) is 3.30. The fourth-order valence-electron chi connectivity index (χ4n) is 1.23. The van der Waals surface area contributed by atoms with Crippen LogP contribution in [0, 0.1) is 0 Å². The van der Waals surface area contributed by atoms with Gasteiger partial charge in [0.15, 0.2) is 23.0 Å². The van der Waals surface area contributed by atoms with Crippen LogP contribution >= 0.6 is 23.0 Å². The topological polar surface area (TPSA) is 26.3 Å². The highest BCUT2D eigenvalue weighted by molar-refractivity contribution is 14.1. The van der Waals surface area contributed by atoms with E-state index in [9.17, 15) is 4.79 Å². The summed E-state index contributed by atoms with van der Waals surface area (Å²) < 4.78 is 4.59. The molecule has 0 bridgehead atoms. The zero-order valence-corrected chi connectivity index (χ0v) is 10.4. The van der Waals surface area contributed by atoms with E-state index in [1.807, 2.05) is 24.3 Å². The summed E-state index contributed by atoms with van der Waals surface area (Å²) in [6.07, 6.45) is 1.11. The molecule has 0 saturated carbocycles. The molecule has 0 aliphatic heterocycles. The van der Waals surface area contributed by atoms with Gasteiger partial charge < -0.3 is 3.07 Å². The van der Waals surface area contributed by atoms with Gasteiger partial charge in [-0.15, -0.1) is 0 Å². The van der Waals surface area contributed by atoms with Crippen molar-refractivity contribution >= 4 is 29.0 Å². The van der Waals surface area contributed by atoms with Crippen LogP contribution in [-0.4, -0.2) is 5.97 Å². The lowest BCUT2D eigenvalue weighted by molar-refractivity contribution is 0.0800. The molecule has 3 heteroatoms. The second-order valence-corrected chi connectivity index (χ2v) is 3.74. The van der Waals surface area contributed by atoms with Crippen molar-refractivity contribution in [1.82, 2.24) is 0 Å². The SMILES string of the molecule is CCC(C)c1ccc(C(=O)OI)cc1. The first-order valence-corrected chi connectivity index (χ1v) is 5.50. The highest BCUT2D eigenvalue weighted by atomic mass is 127. The molecule has 1 unspecified atom stereocenters. The van der Waals surface area contributed by atoms with Crippen molar-refractivity contribution in [3.8, 4) is 0 Å². The van der Waals surface area contributed by atoms with E-state index in [0.717, 1.165) is 6.42 Å². The van der Waals surface area contributed by atoms with Crippen LogP contribution in [-0.2, 0) is 3.07 Å². The van der Waals surface area contributed by atoms with Gasteiger partial charge in [0.2, 0.25) is 0 Å². The minimum absolute atomic E-state index is 0.290. The number of benzene rings is 1. The maximum absolute atomic E-state index is 11.1. The van der Waals surface area contributed by atoms with E-state index in [1.165, 1.54) is 5.56 Å². The van der Waals surface area contributed by atoms with Crippen molar-refractivity contribution in [3.05, 3.63) is 35.4 Å². The molecule has 0 fully saturated rings. The largest absolute Gasteiger partial charge is 0.391 e. The Labute approximate surface area is 98.3 Å². The summed E-state index contributed by atoms with van der Waals surface area (Å²) in [6, 6.07) is 7.58. The fraction of sp³-hybridized carbons (Fsp3) is 0.364. The van der Waals surface area contributed by atoms with Crippen LogP contribution < -0.4 is 0 Å². The molecule has 76 valence electrons. The van der Waals surface area contributed by atoms with Crippen LogP contribution in [0.5, 0.6) is 0 Å². The van der Waals surface area contributed by atoms with Crippen molar-refractivity contribution in [2.75, 3.05) is 0 Å². The van der Waals surface area contributed by atoms with Gasteiger partial charge in [0.05, 0.1) is 5.56 Å². The van der Waals surface area contributed by atoms with Crippen LogP contribution in [0.3, 0.4) is 0 Å². The van der Waals surface area contributed by atoms with Gasteiger partial charge >= 0.3 is 5.97 Å². The standard InChI is InChI=1S/C11H13IO2/c1-3-8(2)9-4-6-10(7-5-9)11(13)14-12/h4-8H,3H2,1-2H3. The monoisotopic (exact) mass is 304 g/mol. The van der Waals surface area contributed by atoms with E-state index in [4.69, 9.17) is 0 Å². The molecular weight excluding hydrogens is 291 g/mol. The summed E-state index contributed by atoms with van der Waals surface area (Å²) in [5, 5.41) is 0. The minimum Gasteiger partial charge on any atom is -0.391 e. The quantitative estimate of drug-likeness (QED) is 0.796. The molecule has 1 aromatic rings. The summed E-state index contributed by atoms with van der Waals surface area (Å²) in [5.41, 5.74) is 1.86. The Morgan fingerprint density at radius 1 is 1.43 bits per heavy atom. The molecule has 2 nitrogen and oxygen atoms in total. The van der Waals surface area contributed by atoms with E-state index in [1.54, 1.807) is 23.0 Å². The maximum Gasteiger partial charge on any atom is 0.347 e. The Kier molecular flexibility index (Phi) is 4.38. The Bertz CT molecular complexity index is 306. The minimum atomic E-state index is -0.290. The van der Waals surface area contributed by atoms with Crippen molar-refractivity contribution in [2.45, 2.75) is 26.2 Å². The zero-order chi connectivity index (χ0) is 10.6. The third-order valence-corrected chi connectivity index (χ3v) is 2.80. The Balaban J connectivity index is 2.83. The molecule has 1 aromatic carbocycles. The van der Waals surface area contributed by atoms with Gasteiger partial charge in [-0.2, -0.15) is 0 Å². The van der Waals surface area contributed by atoms with Gasteiger partial charge in [-0.25, -0.2) is 4.79 Å². The average Bonchev–Trinajstić information content (AvgIpc) is 2.27.